The number of halogens is 1. The van der Waals surface area contributed by atoms with E-state index in [1.807, 2.05) is 13.8 Å². The van der Waals surface area contributed by atoms with E-state index in [1.165, 1.54) is 12.1 Å². The molecule has 7 heteroatoms. The van der Waals surface area contributed by atoms with Crippen molar-refractivity contribution in [3.05, 3.63) is 45.3 Å². The highest BCUT2D eigenvalue weighted by Crippen LogP contribution is 2.17. The third-order valence-electron chi connectivity index (χ3n) is 3.27. The summed E-state index contributed by atoms with van der Waals surface area (Å²) in [6.45, 7) is 4.17. The number of carbonyl (C=O) groups is 2. The van der Waals surface area contributed by atoms with Crippen LogP contribution in [0.2, 0.25) is 5.02 Å². The zero-order valence-electron chi connectivity index (χ0n) is 13.4. The number of esters is 1. The first kappa shape index (κ1) is 18.0. The largest absolute Gasteiger partial charge is 0.450 e. The topological polar surface area (TPSA) is 85.6 Å². The minimum absolute atomic E-state index is 0.222. The fourth-order valence-electron chi connectivity index (χ4n) is 1.98. The summed E-state index contributed by atoms with van der Waals surface area (Å²) in [4.78, 5) is 35.5. The van der Waals surface area contributed by atoms with Crippen LogP contribution in [0.15, 0.2) is 33.5 Å². The van der Waals surface area contributed by atoms with E-state index in [4.69, 9.17) is 20.8 Å². The van der Waals surface area contributed by atoms with Gasteiger partial charge in [0.25, 0.3) is 5.91 Å². The van der Waals surface area contributed by atoms with Crippen LogP contribution in [-0.2, 0) is 9.53 Å². The summed E-state index contributed by atoms with van der Waals surface area (Å²) >= 11 is 5.82. The average molecular weight is 352 g/mol. The fourth-order valence-corrected chi connectivity index (χ4v) is 2.15. The zero-order valence-corrected chi connectivity index (χ0v) is 14.2. The number of hydrogen-bond donors (Lipinski definition) is 1. The van der Waals surface area contributed by atoms with Gasteiger partial charge in [-0.15, -0.1) is 0 Å². The van der Waals surface area contributed by atoms with Gasteiger partial charge < -0.3 is 14.5 Å². The van der Waals surface area contributed by atoms with Crippen LogP contribution in [0, 0.1) is 5.92 Å². The van der Waals surface area contributed by atoms with Crippen LogP contribution in [0.3, 0.4) is 0 Å². The number of benzene rings is 1. The van der Waals surface area contributed by atoms with Crippen LogP contribution in [0.1, 0.15) is 30.8 Å². The molecule has 1 heterocycles. The highest BCUT2D eigenvalue weighted by Gasteiger charge is 2.15. The van der Waals surface area contributed by atoms with Crippen molar-refractivity contribution in [3.63, 3.8) is 0 Å². The summed E-state index contributed by atoms with van der Waals surface area (Å²) < 4.78 is 10.2. The second kappa shape index (κ2) is 7.97. The van der Waals surface area contributed by atoms with E-state index in [2.05, 4.69) is 5.32 Å². The van der Waals surface area contributed by atoms with E-state index in [-0.39, 0.29) is 16.7 Å². The van der Waals surface area contributed by atoms with Crippen LogP contribution in [0.5, 0.6) is 0 Å². The summed E-state index contributed by atoms with van der Waals surface area (Å²) in [5.74, 6) is -1.07. The van der Waals surface area contributed by atoms with E-state index in [1.54, 1.807) is 6.07 Å². The predicted molar refractivity (Wildman–Crippen MR) is 90.2 cm³/mol. The van der Waals surface area contributed by atoms with Gasteiger partial charge in [0.15, 0.2) is 12.0 Å². The highest BCUT2D eigenvalue weighted by molar-refractivity contribution is 6.31. The van der Waals surface area contributed by atoms with Crippen LogP contribution in [0.4, 0.5) is 0 Å². The van der Waals surface area contributed by atoms with E-state index in [0.29, 0.717) is 17.5 Å². The van der Waals surface area contributed by atoms with E-state index in [0.717, 1.165) is 12.5 Å². The SMILES string of the molecule is CC(C)CCNC(=O)COC(=O)c1cc(=O)c2cc(Cl)ccc2o1. The normalized spacial score (nSPS) is 10.8. The quantitative estimate of drug-likeness (QED) is 0.809. The Morgan fingerprint density at radius 3 is 2.75 bits per heavy atom. The molecule has 6 nitrogen and oxygen atoms in total. The van der Waals surface area contributed by atoms with Gasteiger partial charge in [-0.25, -0.2) is 4.79 Å². The molecule has 24 heavy (non-hydrogen) atoms. The van der Waals surface area contributed by atoms with Gasteiger partial charge in [0.05, 0.1) is 5.39 Å². The van der Waals surface area contributed by atoms with Gasteiger partial charge in [0.2, 0.25) is 5.76 Å². The van der Waals surface area contributed by atoms with Gasteiger partial charge in [-0.2, -0.15) is 0 Å². The van der Waals surface area contributed by atoms with E-state index in [9.17, 15) is 14.4 Å². The van der Waals surface area contributed by atoms with Crippen LogP contribution >= 0.6 is 11.6 Å². The smallest absolute Gasteiger partial charge is 0.374 e. The van der Waals surface area contributed by atoms with Gasteiger partial charge in [-0.05, 0) is 30.5 Å². The van der Waals surface area contributed by atoms with Crippen molar-refractivity contribution in [3.8, 4) is 0 Å². The molecule has 2 rings (SSSR count). The van der Waals surface area contributed by atoms with Gasteiger partial charge in [0, 0.05) is 17.6 Å². The third-order valence-corrected chi connectivity index (χ3v) is 3.50. The first-order valence-electron chi connectivity index (χ1n) is 7.54. The Kier molecular flexibility index (Phi) is 5.98. The van der Waals surface area contributed by atoms with E-state index < -0.39 is 23.9 Å². The molecular weight excluding hydrogens is 334 g/mol. The molecule has 0 atom stereocenters. The maximum Gasteiger partial charge on any atom is 0.374 e. The lowest BCUT2D eigenvalue weighted by atomic mass is 10.1. The van der Waals surface area contributed by atoms with Crippen molar-refractivity contribution < 1.29 is 18.7 Å². The molecule has 128 valence electrons. The minimum Gasteiger partial charge on any atom is -0.450 e. The Labute approximate surface area is 143 Å². The predicted octanol–water partition coefficient (Wildman–Crippen LogP) is 2.77. The maximum absolute atomic E-state index is 12.0. The van der Waals surface area contributed by atoms with Crippen LogP contribution in [0.25, 0.3) is 11.0 Å². The molecule has 0 aliphatic rings. The van der Waals surface area contributed by atoms with Crippen molar-refractivity contribution in [1.82, 2.24) is 5.32 Å². The fraction of sp³-hybridized carbons (Fsp3) is 0.353. The van der Waals surface area contributed by atoms with Gasteiger partial charge in [0.1, 0.15) is 5.58 Å². The molecule has 0 radical (unpaired) electrons. The summed E-state index contributed by atoms with van der Waals surface area (Å²) in [7, 11) is 0. The number of carbonyl (C=O) groups excluding carboxylic acids is 2. The lowest BCUT2D eigenvalue weighted by molar-refractivity contribution is -0.124. The van der Waals surface area contributed by atoms with E-state index >= 15 is 0 Å². The molecule has 1 amide bonds. The van der Waals surface area contributed by atoms with Crippen LogP contribution in [-0.4, -0.2) is 25.0 Å². The number of ether oxygens (including phenoxy) is 1. The highest BCUT2D eigenvalue weighted by atomic mass is 35.5. The number of fused-ring (bicyclic) bond motifs is 1. The Balaban J connectivity index is 2.00. The maximum atomic E-state index is 12.0. The number of rotatable bonds is 6. The second-order valence-corrected chi connectivity index (χ2v) is 6.16. The van der Waals surface area contributed by atoms with Gasteiger partial charge in [-0.3, -0.25) is 9.59 Å². The van der Waals surface area contributed by atoms with Crippen molar-refractivity contribution in [2.45, 2.75) is 20.3 Å². The molecule has 0 spiro atoms. The first-order valence-corrected chi connectivity index (χ1v) is 7.92. The number of nitrogens with one attached hydrogen (secondary N) is 1. The van der Waals surface area contributed by atoms with Crippen molar-refractivity contribution in [2.75, 3.05) is 13.2 Å². The molecule has 0 fully saturated rings. The lowest BCUT2D eigenvalue weighted by Gasteiger charge is -2.08. The molecule has 1 aromatic carbocycles. The van der Waals surface area contributed by atoms with Crippen molar-refractivity contribution in [1.29, 1.82) is 0 Å². The monoisotopic (exact) mass is 351 g/mol. The second-order valence-electron chi connectivity index (χ2n) is 5.72. The molecule has 0 unspecified atom stereocenters. The Morgan fingerprint density at radius 2 is 2.04 bits per heavy atom. The third kappa shape index (κ3) is 4.83. The molecule has 1 aromatic heterocycles. The molecule has 2 aromatic rings. The van der Waals surface area contributed by atoms with Crippen molar-refractivity contribution >= 4 is 34.4 Å². The minimum atomic E-state index is -0.872. The molecule has 0 aliphatic carbocycles. The molecule has 0 bridgehead atoms. The zero-order chi connectivity index (χ0) is 17.7. The lowest BCUT2D eigenvalue weighted by Crippen LogP contribution is -2.30. The first-order chi connectivity index (χ1) is 11.4. The molecular formula is C17H18ClNO5. The summed E-state index contributed by atoms with van der Waals surface area (Å²) in [6.07, 6.45) is 0.835. The van der Waals surface area contributed by atoms with Crippen LogP contribution < -0.4 is 10.7 Å². The van der Waals surface area contributed by atoms with Gasteiger partial charge in [-0.1, -0.05) is 25.4 Å². The Hall–Kier alpha value is -2.34. The molecule has 1 N–H and O–H groups in total. The Morgan fingerprint density at radius 1 is 1.29 bits per heavy atom. The number of hydrogen-bond acceptors (Lipinski definition) is 5. The summed E-state index contributed by atoms with van der Waals surface area (Å²) in [5.41, 5.74) is -0.188. The summed E-state index contributed by atoms with van der Waals surface area (Å²) in [5, 5.41) is 3.31. The summed E-state index contributed by atoms with van der Waals surface area (Å²) in [6, 6.07) is 5.52. The average Bonchev–Trinajstić information content (AvgIpc) is 2.52. The standard InChI is InChI=1S/C17H18ClNO5/c1-10(2)5-6-19-16(21)9-23-17(22)15-8-13(20)12-7-11(18)3-4-14(12)24-15/h3-4,7-8,10H,5-6,9H2,1-2H3,(H,19,21). The molecule has 0 saturated carbocycles. The molecule has 0 aliphatic heterocycles. The number of amides is 1. The van der Waals surface area contributed by atoms with Crippen molar-refractivity contribution in [2.24, 2.45) is 5.92 Å². The van der Waals surface area contributed by atoms with Gasteiger partial charge >= 0.3 is 5.97 Å². The Bertz CT molecular complexity index is 812. The molecule has 0 saturated heterocycles.